The van der Waals surface area contributed by atoms with Crippen molar-refractivity contribution >= 4 is 34.5 Å². The number of thioether (sulfide) groups is 1. The van der Waals surface area contributed by atoms with Gasteiger partial charge in [0.1, 0.15) is 5.52 Å². The summed E-state index contributed by atoms with van der Waals surface area (Å²) in [6.45, 7) is 0. The minimum Gasteiger partial charge on any atom is -0.305 e. The zero-order valence-electron chi connectivity index (χ0n) is 7.15. The Morgan fingerprint density at radius 1 is 1.46 bits per heavy atom. The van der Waals surface area contributed by atoms with Gasteiger partial charge in [0.25, 0.3) is 0 Å². The molecular formula is C7H7ClN4S. The normalized spacial score (nSPS) is 11.0. The largest absolute Gasteiger partial charge is 0.305 e. The molecule has 6 heteroatoms. The monoisotopic (exact) mass is 214 g/mol. The van der Waals surface area contributed by atoms with Crippen LogP contribution in [0.4, 0.5) is 0 Å². The van der Waals surface area contributed by atoms with Crippen LogP contribution < -0.4 is 0 Å². The second-order valence-corrected chi connectivity index (χ2v) is 3.69. The first-order valence-corrected chi connectivity index (χ1v) is 5.22. The lowest BCUT2D eigenvalue weighted by Gasteiger charge is -1.94. The van der Waals surface area contributed by atoms with Gasteiger partial charge in [-0.2, -0.15) is 0 Å². The van der Waals surface area contributed by atoms with Crippen molar-refractivity contribution in [1.29, 1.82) is 0 Å². The molecule has 2 aromatic heterocycles. The highest BCUT2D eigenvalue weighted by atomic mass is 35.5. The molecule has 0 bridgehead atoms. The van der Waals surface area contributed by atoms with Crippen molar-refractivity contribution in [3.63, 3.8) is 0 Å². The van der Waals surface area contributed by atoms with E-state index in [-0.39, 0.29) is 0 Å². The van der Waals surface area contributed by atoms with Crippen molar-refractivity contribution < 1.29 is 0 Å². The minimum atomic E-state index is 0.373. The molecule has 68 valence electrons. The highest BCUT2D eigenvalue weighted by molar-refractivity contribution is 7.98. The molecule has 13 heavy (non-hydrogen) atoms. The predicted octanol–water partition coefficient (Wildman–Crippen LogP) is 1.74. The van der Waals surface area contributed by atoms with Gasteiger partial charge in [0, 0.05) is 13.1 Å². The van der Waals surface area contributed by atoms with Crippen LogP contribution in [0.15, 0.2) is 11.2 Å². The van der Waals surface area contributed by atoms with E-state index >= 15 is 0 Å². The van der Waals surface area contributed by atoms with Gasteiger partial charge in [-0.25, -0.2) is 4.98 Å². The van der Waals surface area contributed by atoms with Crippen LogP contribution in [0.1, 0.15) is 0 Å². The van der Waals surface area contributed by atoms with E-state index < -0.39 is 0 Å². The summed E-state index contributed by atoms with van der Waals surface area (Å²) in [7, 11) is 1.91. The Hall–Kier alpha value is -0.810. The first kappa shape index (κ1) is 8.77. The fourth-order valence-electron chi connectivity index (χ4n) is 1.12. The van der Waals surface area contributed by atoms with Gasteiger partial charge in [0.2, 0.25) is 0 Å². The Morgan fingerprint density at radius 2 is 2.23 bits per heavy atom. The average molecular weight is 215 g/mol. The Labute approximate surface area is 84.3 Å². The van der Waals surface area contributed by atoms with Crippen LogP contribution in [-0.4, -0.2) is 26.0 Å². The number of aryl methyl sites for hydroxylation is 1. The third kappa shape index (κ3) is 1.38. The summed E-state index contributed by atoms with van der Waals surface area (Å²) in [6, 6.07) is 1.71. The van der Waals surface area contributed by atoms with Gasteiger partial charge in [-0.15, -0.1) is 10.2 Å². The molecule has 0 saturated carbocycles. The summed E-state index contributed by atoms with van der Waals surface area (Å²) in [4.78, 5) is 4.33. The number of aromatic nitrogens is 4. The maximum Gasteiger partial charge on any atom is 0.183 e. The standard InChI is InChI=1S/C7H7ClN4S/c1-12-6-4(9-7(12)13-2)3-5(8)10-11-6/h3H,1-2H3. The maximum absolute atomic E-state index is 5.69. The number of fused-ring (bicyclic) bond motifs is 1. The van der Waals surface area contributed by atoms with Crippen molar-refractivity contribution in [3.05, 3.63) is 11.2 Å². The topological polar surface area (TPSA) is 43.6 Å². The zero-order chi connectivity index (χ0) is 9.42. The van der Waals surface area contributed by atoms with Crippen LogP contribution in [0.25, 0.3) is 11.2 Å². The van der Waals surface area contributed by atoms with Gasteiger partial charge in [0.15, 0.2) is 16.0 Å². The van der Waals surface area contributed by atoms with Gasteiger partial charge in [0.05, 0.1) is 0 Å². The van der Waals surface area contributed by atoms with Crippen LogP contribution in [0.5, 0.6) is 0 Å². The Balaban J connectivity index is 2.76. The van der Waals surface area contributed by atoms with Gasteiger partial charge in [-0.1, -0.05) is 23.4 Å². The number of hydrogen-bond acceptors (Lipinski definition) is 4. The molecule has 4 nitrogen and oxygen atoms in total. The van der Waals surface area contributed by atoms with E-state index in [2.05, 4.69) is 15.2 Å². The fourth-order valence-corrected chi connectivity index (χ4v) is 1.82. The number of imidazole rings is 1. The van der Waals surface area contributed by atoms with Crippen LogP contribution in [0.3, 0.4) is 0 Å². The maximum atomic E-state index is 5.69. The Bertz CT molecular complexity index is 453. The van der Waals surface area contributed by atoms with Crippen molar-refractivity contribution in [1.82, 2.24) is 19.7 Å². The number of rotatable bonds is 1. The SMILES string of the molecule is CSc1nc2cc(Cl)nnc2n1C. The lowest BCUT2D eigenvalue weighted by Crippen LogP contribution is -1.92. The summed E-state index contributed by atoms with van der Waals surface area (Å²) in [5.74, 6) is 0. The lowest BCUT2D eigenvalue weighted by atomic mass is 10.5. The number of nitrogens with zero attached hydrogens (tertiary/aromatic N) is 4. The molecule has 0 aliphatic carbocycles. The highest BCUT2D eigenvalue weighted by Crippen LogP contribution is 2.20. The van der Waals surface area contributed by atoms with E-state index in [0.29, 0.717) is 5.15 Å². The molecule has 0 aromatic carbocycles. The van der Waals surface area contributed by atoms with E-state index in [0.717, 1.165) is 16.3 Å². The quantitative estimate of drug-likeness (QED) is 0.679. The highest BCUT2D eigenvalue weighted by Gasteiger charge is 2.08. The predicted molar refractivity (Wildman–Crippen MR) is 53.1 cm³/mol. The summed E-state index contributed by atoms with van der Waals surface area (Å²) < 4.78 is 1.89. The van der Waals surface area contributed by atoms with Crippen LogP contribution >= 0.6 is 23.4 Å². The third-order valence-electron chi connectivity index (χ3n) is 1.73. The van der Waals surface area contributed by atoms with Gasteiger partial charge in [-0.05, 0) is 6.26 Å². The van der Waals surface area contributed by atoms with Crippen molar-refractivity contribution in [2.75, 3.05) is 6.26 Å². The first-order chi connectivity index (χ1) is 6.22. The molecule has 2 rings (SSSR count). The molecule has 2 heterocycles. The summed E-state index contributed by atoms with van der Waals surface area (Å²) >= 11 is 7.26. The first-order valence-electron chi connectivity index (χ1n) is 3.62. The second-order valence-electron chi connectivity index (χ2n) is 2.53. The number of halogens is 1. The van der Waals surface area contributed by atoms with E-state index in [4.69, 9.17) is 11.6 Å². The molecule has 0 aliphatic rings. The average Bonchev–Trinajstić information content (AvgIpc) is 2.42. The van der Waals surface area contributed by atoms with E-state index in [9.17, 15) is 0 Å². The molecule has 2 aromatic rings. The molecule has 0 spiro atoms. The van der Waals surface area contributed by atoms with Crippen LogP contribution in [0.2, 0.25) is 5.15 Å². The van der Waals surface area contributed by atoms with Crippen molar-refractivity contribution in [2.45, 2.75) is 5.16 Å². The molecule has 0 radical (unpaired) electrons. The third-order valence-corrected chi connectivity index (χ3v) is 2.64. The molecule has 0 aliphatic heterocycles. The van der Waals surface area contributed by atoms with E-state index in [1.165, 1.54) is 0 Å². The van der Waals surface area contributed by atoms with Crippen LogP contribution in [-0.2, 0) is 7.05 Å². The van der Waals surface area contributed by atoms with E-state index in [1.807, 2.05) is 17.9 Å². The number of hydrogen-bond donors (Lipinski definition) is 0. The van der Waals surface area contributed by atoms with Gasteiger partial charge >= 0.3 is 0 Å². The Morgan fingerprint density at radius 3 is 2.92 bits per heavy atom. The molecule has 0 saturated heterocycles. The second kappa shape index (κ2) is 3.16. The van der Waals surface area contributed by atoms with Gasteiger partial charge < -0.3 is 4.57 Å². The lowest BCUT2D eigenvalue weighted by molar-refractivity contribution is 0.799. The molecule has 0 N–H and O–H groups in total. The summed E-state index contributed by atoms with van der Waals surface area (Å²) in [5, 5.41) is 9.00. The summed E-state index contributed by atoms with van der Waals surface area (Å²) in [5.41, 5.74) is 1.54. The zero-order valence-corrected chi connectivity index (χ0v) is 8.72. The van der Waals surface area contributed by atoms with Crippen molar-refractivity contribution in [3.8, 4) is 0 Å². The molecule has 0 fully saturated rings. The smallest absolute Gasteiger partial charge is 0.183 e. The summed E-state index contributed by atoms with van der Waals surface area (Å²) in [6.07, 6.45) is 1.97. The van der Waals surface area contributed by atoms with Gasteiger partial charge in [-0.3, -0.25) is 0 Å². The molecule has 0 atom stereocenters. The minimum absolute atomic E-state index is 0.373. The van der Waals surface area contributed by atoms with E-state index in [1.54, 1.807) is 17.8 Å². The van der Waals surface area contributed by atoms with Crippen molar-refractivity contribution in [2.24, 2.45) is 7.05 Å². The van der Waals surface area contributed by atoms with Crippen LogP contribution in [0, 0.1) is 0 Å². The fraction of sp³-hybridized carbons (Fsp3) is 0.286. The molecule has 0 unspecified atom stereocenters. The molecule has 0 amide bonds. The molecular weight excluding hydrogens is 208 g/mol. The Kier molecular flexibility index (Phi) is 2.13.